The molecule has 3 rings (SSSR count). The third-order valence-electron chi connectivity index (χ3n) is 3.28. The molecule has 0 aliphatic rings. The van der Waals surface area contributed by atoms with Gasteiger partial charge in [0.1, 0.15) is 5.69 Å². The number of pyridine rings is 1. The van der Waals surface area contributed by atoms with Crippen LogP contribution >= 0.6 is 0 Å². The van der Waals surface area contributed by atoms with Crippen LogP contribution in [0.25, 0.3) is 22.8 Å². The smallest absolute Gasteiger partial charge is 0.244 e. The van der Waals surface area contributed by atoms with Gasteiger partial charge in [-0.25, -0.2) is 15.0 Å². The Hall–Kier alpha value is -2.76. The molecular formula is C17H12F3N3. The summed E-state index contributed by atoms with van der Waals surface area (Å²) in [5, 5.41) is 0. The van der Waals surface area contributed by atoms with Gasteiger partial charge >= 0.3 is 6.18 Å². The van der Waals surface area contributed by atoms with Gasteiger partial charge in [0, 0.05) is 17.5 Å². The summed E-state index contributed by atoms with van der Waals surface area (Å²) >= 11 is 0. The Morgan fingerprint density at radius 2 is 1.57 bits per heavy atom. The summed E-state index contributed by atoms with van der Waals surface area (Å²) in [5.74, 6) is 0.385. The molecule has 2 aromatic heterocycles. The Balaban J connectivity index is 2.12. The molecule has 1 aromatic carbocycles. The van der Waals surface area contributed by atoms with Gasteiger partial charge in [-0.15, -0.1) is 0 Å². The van der Waals surface area contributed by atoms with Gasteiger partial charge in [-0.2, -0.15) is 13.2 Å². The molecule has 0 atom stereocenters. The molecule has 0 radical (unpaired) electrons. The average Bonchev–Trinajstić information content (AvgIpc) is 2.54. The van der Waals surface area contributed by atoms with Crippen molar-refractivity contribution in [3.63, 3.8) is 0 Å². The highest BCUT2D eigenvalue weighted by atomic mass is 19.4. The van der Waals surface area contributed by atoms with E-state index >= 15 is 0 Å². The first-order chi connectivity index (χ1) is 10.9. The van der Waals surface area contributed by atoms with Crippen molar-refractivity contribution in [1.82, 2.24) is 15.0 Å². The summed E-state index contributed by atoms with van der Waals surface area (Å²) in [4.78, 5) is 12.7. The third kappa shape index (κ3) is 3.21. The van der Waals surface area contributed by atoms with E-state index in [1.807, 2.05) is 6.92 Å². The lowest BCUT2D eigenvalue weighted by Gasteiger charge is -2.12. The molecular weight excluding hydrogens is 303 g/mol. The molecule has 0 spiro atoms. The van der Waals surface area contributed by atoms with Crippen LogP contribution < -0.4 is 0 Å². The summed E-state index contributed by atoms with van der Waals surface area (Å²) in [6.07, 6.45) is -2.84. The maximum Gasteiger partial charge on any atom is 0.417 e. The fraction of sp³-hybridized carbons (Fsp3) is 0.118. The number of halogens is 3. The van der Waals surface area contributed by atoms with E-state index in [2.05, 4.69) is 15.0 Å². The average molecular weight is 315 g/mol. The third-order valence-corrected chi connectivity index (χ3v) is 3.28. The number of alkyl halides is 3. The Morgan fingerprint density at radius 3 is 2.30 bits per heavy atom. The van der Waals surface area contributed by atoms with E-state index in [1.54, 1.807) is 36.5 Å². The fourth-order valence-corrected chi connectivity index (χ4v) is 2.24. The molecule has 0 fully saturated rings. The Morgan fingerprint density at radius 1 is 0.826 bits per heavy atom. The number of hydrogen-bond acceptors (Lipinski definition) is 3. The van der Waals surface area contributed by atoms with Gasteiger partial charge in [0.05, 0.1) is 11.3 Å². The van der Waals surface area contributed by atoms with Crippen molar-refractivity contribution in [2.24, 2.45) is 0 Å². The fourth-order valence-electron chi connectivity index (χ4n) is 2.24. The molecule has 0 bridgehead atoms. The van der Waals surface area contributed by atoms with Gasteiger partial charge in [0.25, 0.3) is 0 Å². The molecule has 3 nitrogen and oxygen atoms in total. The second kappa shape index (κ2) is 5.79. The van der Waals surface area contributed by atoms with Crippen molar-refractivity contribution < 1.29 is 13.2 Å². The van der Waals surface area contributed by atoms with E-state index in [0.717, 1.165) is 11.8 Å². The van der Waals surface area contributed by atoms with Crippen molar-refractivity contribution >= 4 is 0 Å². The molecule has 23 heavy (non-hydrogen) atoms. The Kier molecular flexibility index (Phi) is 3.82. The molecule has 0 aliphatic carbocycles. The van der Waals surface area contributed by atoms with Crippen molar-refractivity contribution in [2.45, 2.75) is 13.1 Å². The maximum absolute atomic E-state index is 13.2. The van der Waals surface area contributed by atoms with Gasteiger partial charge in [0.15, 0.2) is 5.82 Å². The summed E-state index contributed by atoms with van der Waals surface area (Å²) in [6, 6.07) is 12.0. The van der Waals surface area contributed by atoms with Gasteiger partial charge in [-0.3, -0.25) is 0 Å². The maximum atomic E-state index is 13.2. The number of aryl methyl sites for hydroxylation is 1. The Labute approximate surface area is 130 Å². The van der Waals surface area contributed by atoms with Crippen LogP contribution in [0.1, 0.15) is 11.3 Å². The molecule has 0 N–H and O–H groups in total. The Bertz CT molecular complexity index is 844. The molecule has 3 aromatic rings. The lowest BCUT2D eigenvalue weighted by Crippen LogP contribution is -2.07. The lowest BCUT2D eigenvalue weighted by molar-refractivity contribution is -0.137. The molecule has 116 valence electrons. The highest BCUT2D eigenvalue weighted by Crippen LogP contribution is 2.36. The van der Waals surface area contributed by atoms with E-state index in [9.17, 15) is 13.2 Å². The number of nitrogens with zero attached hydrogens (tertiary/aromatic N) is 3. The van der Waals surface area contributed by atoms with Gasteiger partial charge in [-0.1, -0.05) is 24.3 Å². The van der Waals surface area contributed by atoms with Crippen molar-refractivity contribution in [3.05, 3.63) is 66.0 Å². The second-order valence-corrected chi connectivity index (χ2v) is 4.97. The van der Waals surface area contributed by atoms with Crippen LogP contribution in [0.4, 0.5) is 13.2 Å². The lowest BCUT2D eigenvalue weighted by atomic mass is 10.0. The quantitative estimate of drug-likeness (QED) is 0.697. The van der Waals surface area contributed by atoms with Crippen LogP contribution in [-0.2, 0) is 6.18 Å². The monoisotopic (exact) mass is 315 g/mol. The highest BCUT2D eigenvalue weighted by Gasteiger charge is 2.33. The molecule has 0 saturated heterocycles. The van der Waals surface area contributed by atoms with Crippen molar-refractivity contribution in [3.8, 4) is 22.8 Å². The predicted molar refractivity (Wildman–Crippen MR) is 80.4 cm³/mol. The summed E-state index contributed by atoms with van der Waals surface area (Å²) in [6.45, 7) is 1.81. The first-order valence-electron chi connectivity index (χ1n) is 6.89. The zero-order chi connectivity index (χ0) is 16.4. The number of rotatable bonds is 2. The second-order valence-electron chi connectivity index (χ2n) is 4.97. The van der Waals surface area contributed by atoms with Crippen molar-refractivity contribution in [1.29, 1.82) is 0 Å². The summed E-state index contributed by atoms with van der Waals surface area (Å²) in [5.41, 5.74) is 0.755. The largest absolute Gasteiger partial charge is 0.417 e. The standard InChI is InChI=1S/C17H12F3N3/c1-11-9-10-21-16(22-11)15-8-4-7-14(23-15)12-5-2-3-6-13(12)17(18,19)20/h2-10H,1H3. The zero-order valence-electron chi connectivity index (χ0n) is 12.2. The summed E-state index contributed by atoms with van der Waals surface area (Å²) < 4.78 is 39.5. The van der Waals surface area contributed by atoms with Gasteiger partial charge < -0.3 is 0 Å². The number of aromatic nitrogens is 3. The zero-order valence-corrected chi connectivity index (χ0v) is 12.2. The van der Waals surface area contributed by atoms with Crippen LogP contribution in [-0.4, -0.2) is 15.0 Å². The van der Waals surface area contributed by atoms with E-state index < -0.39 is 11.7 Å². The van der Waals surface area contributed by atoms with E-state index in [-0.39, 0.29) is 11.3 Å². The molecule has 2 heterocycles. The van der Waals surface area contributed by atoms with Crippen LogP contribution in [0, 0.1) is 6.92 Å². The van der Waals surface area contributed by atoms with Crippen LogP contribution in [0.15, 0.2) is 54.7 Å². The minimum Gasteiger partial charge on any atom is -0.244 e. The first kappa shape index (κ1) is 15.1. The van der Waals surface area contributed by atoms with E-state index in [4.69, 9.17) is 0 Å². The van der Waals surface area contributed by atoms with Crippen LogP contribution in [0.3, 0.4) is 0 Å². The number of benzene rings is 1. The molecule has 0 amide bonds. The number of hydrogen-bond donors (Lipinski definition) is 0. The van der Waals surface area contributed by atoms with Crippen molar-refractivity contribution in [2.75, 3.05) is 0 Å². The molecule has 0 unspecified atom stereocenters. The minimum atomic E-state index is -4.44. The minimum absolute atomic E-state index is 0.0366. The molecule has 0 aliphatic heterocycles. The van der Waals surface area contributed by atoms with E-state index in [1.165, 1.54) is 12.1 Å². The van der Waals surface area contributed by atoms with E-state index in [0.29, 0.717) is 11.5 Å². The SMILES string of the molecule is Cc1ccnc(-c2cccc(-c3ccccc3C(F)(F)F)n2)n1. The molecule has 0 saturated carbocycles. The topological polar surface area (TPSA) is 38.7 Å². The van der Waals surface area contributed by atoms with Crippen LogP contribution in [0.5, 0.6) is 0 Å². The first-order valence-corrected chi connectivity index (χ1v) is 6.89. The van der Waals surface area contributed by atoms with Crippen LogP contribution in [0.2, 0.25) is 0 Å². The highest BCUT2D eigenvalue weighted by molar-refractivity contribution is 5.67. The van der Waals surface area contributed by atoms with Gasteiger partial charge in [0.2, 0.25) is 0 Å². The summed E-state index contributed by atoms with van der Waals surface area (Å²) in [7, 11) is 0. The molecule has 6 heteroatoms. The van der Waals surface area contributed by atoms with Gasteiger partial charge in [-0.05, 0) is 31.2 Å². The predicted octanol–water partition coefficient (Wildman–Crippen LogP) is 4.53. The normalized spacial score (nSPS) is 11.5.